The molecule has 0 bridgehead atoms. The quantitative estimate of drug-likeness (QED) is 0.538. The standard InChI is InChI=1S/4O.Re.Ti/q4*-2;;+4. The topological polar surface area (TPSA) is 114 Å². The predicted octanol–water partition coefficient (Wildman–Crippen LogP) is -0.480. The van der Waals surface area contributed by atoms with Crippen LogP contribution in [-0.2, 0) is 64.0 Å². The second-order valence-electron chi connectivity index (χ2n) is 0. The van der Waals surface area contributed by atoms with Gasteiger partial charge in [0.2, 0.25) is 0 Å². The summed E-state index contributed by atoms with van der Waals surface area (Å²) in [6, 6.07) is 0. The molecule has 0 atom stereocenters. The molecule has 6 heavy (non-hydrogen) atoms. The maximum Gasteiger partial charge on any atom is 4.00 e. The van der Waals surface area contributed by atoms with Crippen molar-refractivity contribution in [3.8, 4) is 0 Å². The van der Waals surface area contributed by atoms with Crippen molar-refractivity contribution in [2.45, 2.75) is 0 Å². The Morgan fingerprint density at radius 1 is 0.500 bits per heavy atom. The van der Waals surface area contributed by atoms with E-state index >= 15 is 0 Å². The van der Waals surface area contributed by atoms with Crippen LogP contribution in [0.5, 0.6) is 0 Å². The van der Waals surface area contributed by atoms with Gasteiger partial charge in [-0.3, -0.25) is 0 Å². The van der Waals surface area contributed by atoms with Crippen LogP contribution < -0.4 is 0 Å². The molecule has 0 unspecified atom stereocenters. The SMILES string of the molecule is [O-2].[O-2].[O-2].[O-2].[Re].[Ti+4]. The fourth-order valence-corrected chi connectivity index (χ4v) is 0. The molecular weight excluding hydrogens is 298 g/mol. The molecule has 0 rings (SSSR count). The molecule has 0 aromatic heterocycles. The third-order valence-corrected chi connectivity index (χ3v) is 0. The van der Waals surface area contributed by atoms with E-state index in [4.69, 9.17) is 0 Å². The molecule has 0 fully saturated rings. The smallest absolute Gasteiger partial charge is 2.00 e. The summed E-state index contributed by atoms with van der Waals surface area (Å²) in [7, 11) is 0. The monoisotopic (exact) mass is 299 g/mol. The fraction of sp³-hybridized carbons (Fsp3) is 0. The first-order chi connectivity index (χ1) is 0. The van der Waals surface area contributed by atoms with E-state index < -0.39 is 0 Å². The average Bonchev–Trinajstić information content (AvgIpc) is 0. The zero-order valence-electron chi connectivity index (χ0n) is 2.51. The molecule has 0 aliphatic rings. The van der Waals surface area contributed by atoms with Crippen LogP contribution >= 0.6 is 0 Å². The molecule has 0 aromatic rings. The molecule has 39 valence electrons. The molecule has 6 heteroatoms. The van der Waals surface area contributed by atoms with Gasteiger partial charge in [0.15, 0.2) is 0 Å². The second-order valence-corrected chi connectivity index (χ2v) is 0. The molecule has 0 amide bonds. The van der Waals surface area contributed by atoms with Gasteiger partial charge in [-0.1, -0.05) is 0 Å². The van der Waals surface area contributed by atoms with E-state index in [-0.39, 0.29) is 64.0 Å². The van der Waals surface area contributed by atoms with E-state index in [1.807, 2.05) is 0 Å². The Kier molecular flexibility index (Phi) is 3590. The van der Waals surface area contributed by atoms with Gasteiger partial charge in [-0.15, -0.1) is 0 Å². The molecular formula is O4ReTi-4. The van der Waals surface area contributed by atoms with E-state index in [1.165, 1.54) is 0 Å². The Morgan fingerprint density at radius 3 is 0.500 bits per heavy atom. The summed E-state index contributed by atoms with van der Waals surface area (Å²) in [5.74, 6) is 0. The van der Waals surface area contributed by atoms with Crippen molar-refractivity contribution in [1.29, 1.82) is 0 Å². The number of hydrogen-bond acceptors (Lipinski definition) is 0. The Labute approximate surface area is 64.1 Å². The van der Waals surface area contributed by atoms with Crippen molar-refractivity contribution in [3.05, 3.63) is 0 Å². The van der Waals surface area contributed by atoms with Crippen molar-refractivity contribution in [1.82, 2.24) is 0 Å². The summed E-state index contributed by atoms with van der Waals surface area (Å²) in [6.45, 7) is 0. The third-order valence-electron chi connectivity index (χ3n) is 0. The molecule has 0 saturated heterocycles. The average molecular weight is 298 g/mol. The van der Waals surface area contributed by atoms with Gasteiger partial charge in [0, 0.05) is 20.4 Å². The Hall–Kier alpha value is 1.22. The van der Waals surface area contributed by atoms with Crippen LogP contribution in [0.1, 0.15) is 0 Å². The first kappa shape index (κ1) is 188. The van der Waals surface area contributed by atoms with Crippen LogP contribution in [0.15, 0.2) is 0 Å². The normalized spacial score (nSPS) is 0. The molecule has 0 saturated carbocycles. The Morgan fingerprint density at radius 2 is 0.500 bits per heavy atom. The van der Waals surface area contributed by atoms with Gasteiger partial charge >= 0.3 is 21.7 Å². The van der Waals surface area contributed by atoms with E-state index in [0.29, 0.717) is 0 Å². The molecule has 1 radical (unpaired) electrons. The van der Waals surface area contributed by atoms with Crippen LogP contribution in [0.3, 0.4) is 0 Å². The van der Waals surface area contributed by atoms with Crippen molar-refractivity contribution in [2.75, 3.05) is 0 Å². The van der Waals surface area contributed by atoms with Crippen LogP contribution in [0.4, 0.5) is 0 Å². The molecule has 0 aromatic carbocycles. The summed E-state index contributed by atoms with van der Waals surface area (Å²) in [4.78, 5) is 0. The fourth-order valence-electron chi connectivity index (χ4n) is 0. The minimum Gasteiger partial charge on any atom is -2.00 e. The number of rotatable bonds is 0. The van der Waals surface area contributed by atoms with Crippen molar-refractivity contribution >= 4 is 0 Å². The van der Waals surface area contributed by atoms with Crippen molar-refractivity contribution < 1.29 is 64.0 Å². The maximum absolute atomic E-state index is 0. The van der Waals surface area contributed by atoms with Gasteiger partial charge in [-0.05, 0) is 0 Å². The van der Waals surface area contributed by atoms with Crippen LogP contribution in [0.2, 0.25) is 0 Å². The summed E-state index contributed by atoms with van der Waals surface area (Å²) < 4.78 is 0. The van der Waals surface area contributed by atoms with E-state index in [0.717, 1.165) is 0 Å². The largest absolute Gasteiger partial charge is 4.00 e. The predicted molar refractivity (Wildman–Crippen MR) is 2.75 cm³/mol. The van der Waals surface area contributed by atoms with Gasteiger partial charge in [0.1, 0.15) is 0 Å². The van der Waals surface area contributed by atoms with Crippen molar-refractivity contribution in [3.63, 3.8) is 0 Å². The first-order valence-electron chi connectivity index (χ1n) is 0. The van der Waals surface area contributed by atoms with Crippen LogP contribution in [0, 0.1) is 0 Å². The molecule has 4 nitrogen and oxygen atoms in total. The van der Waals surface area contributed by atoms with Gasteiger partial charge in [-0.2, -0.15) is 0 Å². The van der Waals surface area contributed by atoms with Gasteiger partial charge in [-0.25, -0.2) is 0 Å². The zero-order valence-corrected chi connectivity index (χ0v) is 6.79. The van der Waals surface area contributed by atoms with Gasteiger partial charge < -0.3 is 21.9 Å². The summed E-state index contributed by atoms with van der Waals surface area (Å²) in [6.07, 6.45) is 0. The van der Waals surface area contributed by atoms with E-state index in [9.17, 15) is 0 Å². The molecule has 0 spiro atoms. The van der Waals surface area contributed by atoms with Crippen LogP contribution in [-0.4, -0.2) is 0 Å². The van der Waals surface area contributed by atoms with E-state index in [1.54, 1.807) is 0 Å². The maximum atomic E-state index is 0. The van der Waals surface area contributed by atoms with Crippen LogP contribution in [0.25, 0.3) is 0 Å². The third kappa shape index (κ3) is 62.7. The first-order valence-corrected chi connectivity index (χ1v) is 0. The minimum absolute atomic E-state index is 0. The second kappa shape index (κ2) is 114. The minimum atomic E-state index is 0. The molecule has 0 N–H and O–H groups in total. The summed E-state index contributed by atoms with van der Waals surface area (Å²) in [5, 5.41) is 0. The number of hydrogen-bond donors (Lipinski definition) is 0. The van der Waals surface area contributed by atoms with Gasteiger partial charge in [0.25, 0.3) is 0 Å². The van der Waals surface area contributed by atoms with Crippen molar-refractivity contribution in [2.24, 2.45) is 0 Å². The Balaban J connectivity index is 0. The van der Waals surface area contributed by atoms with E-state index in [2.05, 4.69) is 0 Å². The Bertz CT molecular complexity index is 7.51. The molecule has 0 heterocycles. The molecule has 0 aliphatic heterocycles. The molecule has 0 aliphatic carbocycles. The summed E-state index contributed by atoms with van der Waals surface area (Å²) in [5.41, 5.74) is 0. The van der Waals surface area contributed by atoms with Gasteiger partial charge in [0.05, 0.1) is 0 Å². The summed E-state index contributed by atoms with van der Waals surface area (Å²) >= 11 is 0. The zero-order chi connectivity index (χ0) is 0.